The van der Waals surface area contributed by atoms with Crippen molar-refractivity contribution >= 4 is 49.7 Å². The average molecular weight is 428 g/mol. The highest BCUT2D eigenvalue weighted by molar-refractivity contribution is 7.90. The van der Waals surface area contributed by atoms with Gasteiger partial charge in [-0.05, 0) is 30.5 Å². The SMILES string of the molecule is CCOC(=O)c1c(NC(=O)Cc2ccccc2Cl)sc2c1CCS(=O)(=O)C2. The van der Waals surface area contributed by atoms with E-state index < -0.39 is 15.8 Å². The molecule has 0 bridgehead atoms. The molecule has 0 saturated heterocycles. The topological polar surface area (TPSA) is 89.5 Å². The average Bonchev–Trinajstić information content (AvgIpc) is 2.92. The number of ether oxygens (including phenoxy) is 1. The zero-order valence-electron chi connectivity index (χ0n) is 14.6. The number of thiophene rings is 1. The van der Waals surface area contributed by atoms with E-state index in [1.54, 1.807) is 31.2 Å². The lowest BCUT2D eigenvalue weighted by molar-refractivity contribution is -0.115. The van der Waals surface area contributed by atoms with Gasteiger partial charge in [-0.25, -0.2) is 13.2 Å². The highest BCUT2D eigenvalue weighted by Gasteiger charge is 2.32. The van der Waals surface area contributed by atoms with E-state index in [0.717, 1.165) is 11.3 Å². The van der Waals surface area contributed by atoms with Crippen molar-refractivity contribution in [3.8, 4) is 0 Å². The molecule has 9 heteroatoms. The molecule has 0 aliphatic carbocycles. The van der Waals surface area contributed by atoms with Crippen molar-refractivity contribution in [2.24, 2.45) is 0 Å². The first kappa shape index (κ1) is 19.9. The Hall–Kier alpha value is -1.90. The van der Waals surface area contributed by atoms with Crippen LogP contribution in [0.1, 0.15) is 33.3 Å². The van der Waals surface area contributed by atoms with Crippen LogP contribution in [0.15, 0.2) is 24.3 Å². The number of carbonyl (C=O) groups excluding carboxylic acids is 2. The summed E-state index contributed by atoms with van der Waals surface area (Å²) in [7, 11) is -3.19. The minimum Gasteiger partial charge on any atom is -0.462 e. The minimum atomic E-state index is -3.19. The lowest BCUT2D eigenvalue weighted by Gasteiger charge is -2.13. The summed E-state index contributed by atoms with van der Waals surface area (Å²) in [6.45, 7) is 1.88. The second-order valence-corrected chi connectivity index (χ2v) is 9.78. The molecule has 6 nitrogen and oxygen atoms in total. The Balaban J connectivity index is 1.90. The van der Waals surface area contributed by atoms with Gasteiger partial charge in [0.15, 0.2) is 9.84 Å². The van der Waals surface area contributed by atoms with E-state index in [-0.39, 0.29) is 42.4 Å². The molecule has 27 heavy (non-hydrogen) atoms. The lowest BCUT2D eigenvalue weighted by Crippen LogP contribution is -2.20. The second-order valence-electron chi connectivity index (χ2n) is 6.09. The van der Waals surface area contributed by atoms with Gasteiger partial charge in [-0.1, -0.05) is 29.8 Å². The van der Waals surface area contributed by atoms with Crippen molar-refractivity contribution in [1.29, 1.82) is 0 Å². The highest BCUT2D eigenvalue weighted by Crippen LogP contribution is 2.38. The third-order valence-electron chi connectivity index (χ3n) is 4.15. The van der Waals surface area contributed by atoms with Crippen LogP contribution in [0, 0.1) is 0 Å². The number of benzene rings is 1. The number of sulfone groups is 1. The fourth-order valence-electron chi connectivity index (χ4n) is 2.92. The number of fused-ring (bicyclic) bond motifs is 1. The summed E-state index contributed by atoms with van der Waals surface area (Å²) in [5.41, 5.74) is 1.58. The molecular formula is C18H18ClNO5S2. The number of halogens is 1. The Kier molecular flexibility index (Phi) is 5.88. The molecule has 2 heterocycles. The van der Waals surface area contributed by atoms with Crippen molar-refractivity contribution in [2.45, 2.75) is 25.5 Å². The number of nitrogens with one attached hydrogen (secondary N) is 1. The molecule has 1 amide bonds. The number of rotatable bonds is 5. The van der Waals surface area contributed by atoms with Gasteiger partial charge in [-0.2, -0.15) is 0 Å². The molecule has 144 valence electrons. The zero-order chi connectivity index (χ0) is 19.6. The molecule has 1 aromatic carbocycles. The first-order chi connectivity index (χ1) is 12.8. The van der Waals surface area contributed by atoms with Gasteiger partial charge in [-0.3, -0.25) is 4.79 Å². The number of carbonyl (C=O) groups is 2. The summed E-state index contributed by atoms with van der Waals surface area (Å²) in [5, 5.41) is 3.54. The normalized spacial score (nSPS) is 15.0. The molecule has 0 radical (unpaired) electrons. The molecule has 1 aromatic heterocycles. The van der Waals surface area contributed by atoms with E-state index in [1.807, 2.05) is 0 Å². The lowest BCUT2D eigenvalue weighted by atomic mass is 10.1. The monoisotopic (exact) mass is 427 g/mol. The van der Waals surface area contributed by atoms with Crippen LogP contribution >= 0.6 is 22.9 Å². The van der Waals surface area contributed by atoms with Gasteiger partial charge in [0.1, 0.15) is 5.00 Å². The standard InChI is InChI=1S/C18H18ClNO5S2/c1-2-25-18(22)16-12-7-8-27(23,24)10-14(12)26-17(16)20-15(21)9-11-5-3-4-6-13(11)19/h3-6H,2,7-10H2,1H3,(H,20,21). The third kappa shape index (κ3) is 4.51. The van der Waals surface area contributed by atoms with Gasteiger partial charge in [0.25, 0.3) is 0 Å². The number of esters is 1. The molecule has 0 saturated carbocycles. The van der Waals surface area contributed by atoms with Crippen LogP contribution in [0.4, 0.5) is 5.00 Å². The van der Waals surface area contributed by atoms with E-state index in [2.05, 4.69) is 5.32 Å². The van der Waals surface area contributed by atoms with Crippen LogP contribution in [0.5, 0.6) is 0 Å². The van der Waals surface area contributed by atoms with Crippen molar-refractivity contribution in [3.05, 3.63) is 50.9 Å². The van der Waals surface area contributed by atoms with Crippen molar-refractivity contribution in [1.82, 2.24) is 0 Å². The Morgan fingerprint density at radius 3 is 2.74 bits per heavy atom. The van der Waals surface area contributed by atoms with Crippen LogP contribution in [-0.2, 0) is 38.0 Å². The second kappa shape index (κ2) is 8.00. The highest BCUT2D eigenvalue weighted by atomic mass is 35.5. The summed E-state index contributed by atoms with van der Waals surface area (Å²) in [6.07, 6.45) is 0.283. The predicted octanol–water partition coefficient (Wildman–Crippen LogP) is 3.23. The molecule has 1 N–H and O–H groups in total. The number of hydrogen-bond donors (Lipinski definition) is 1. The van der Waals surface area contributed by atoms with E-state index in [1.165, 1.54) is 0 Å². The number of anilines is 1. The largest absolute Gasteiger partial charge is 0.462 e. The Morgan fingerprint density at radius 2 is 2.04 bits per heavy atom. The van der Waals surface area contributed by atoms with Crippen LogP contribution < -0.4 is 5.32 Å². The van der Waals surface area contributed by atoms with Gasteiger partial charge < -0.3 is 10.1 Å². The van der Waals surface area contributed by atoms with Crippen LogP contribution in [0.25, 0.3) is 0 Å². The fourth-order valence-corrected chi connectivity index (χ4v) is 6.17. The van der Waals surface area contributed by atoms with E-state index in [4.69, 9.17) is 16.3 Å². The number of hydrogen-bond acceptors (Lipinski definition) is 6. The molecule has 0 spiro atoms. The molecule has 1 aliphatic rings. The molecule has 3 rings (SSSR count). The summed E-state index contributed by atoms with van der Waals surface area (Å²) in [4.78, 5) is 25.5. The molecular weight excluding hydrogens is 410 g/mol. The minimum absolute atomic E-state index is 0.0177. The van der Waals surface area contributed by atoms with E-state index in [9.17, 15) is 18.0 Å². The van der Waals surface area contributed by atoms with E-state index >= 15 is 0 Å². The summed E-state index contributed by atoms with van der Waals surface area (Å²) in [6, 6.07) is 7.01. The maximum atomic E-state index is 12.5. The Bertz CT molecular complexity index is 997. The first-order valence-electron chi connectivity index (χ1n) is 8.36. The first-order valence-corrected chi connectivity index (χ1v) is 11.4. The quantitative estimate of drug-likeness (QED) is 0.740. The maximum absolute atomic E-state index is 12.5. The zero-order valence-corrected chi connectivity index (χ0v) is 17.0. The van der Waals surface area contributed by atoms with Crippen molar-refractivity contribution < 1.29 is 22.7 Å². The molecule has 1 aliphatic heterocycles. The smallest absolute Gasteiger partial charge is 0.341 e. The Labute approximate surface area is 166 Å². The van der Waals surface area contributed by atoms with Crippen LogP contribution in [0.2, 0.25) is 5.02 Å². The number of amides is 1. The molecule has 0 atom stereocenters. The fraction of sp³-hybridized carbons (Fsp3) is 0.333. The van der Waals surface area contributed by atoms with Gasteiger partial charge in [0, 0.05) is 9.90 Å². The van der Waals surface area contributed by atoms with Gasteiger partial charge in [0.05, 0.1) is 30.1 Å². The van der Waals surface area contributed by atoms with E-state index in [0.29, 0.717) is 26.0 Å². The van der Waals surface area contributed by atoms with Crippen LogP contribution in [0.3, 0.4) is 0 Å². The van der Waals surface area contributed by atoms with Crippen molar-refractivity contribution in [3.63, 3.8) is 0 Å². The van der Waals surface area contributed by atoms with Gasteiger partial charge in [0.2, 0.25) is 5.91 Å². The molecule has 2 aromatic rings. The molecule has 0 fully saturated rings. The summed E-state index contributed by atoms with van der Waals surface area (Å²) in [5.74, 6) is -1.03. The third-order valence-corrected chi connectivity index (χ3v) is 7.40. The molecule has 0 unspecified atom stereocenters. The van der Waals surface area contributed by atoms with Crippen LogP contribution in [-0.4, -0.2) is 32.7 Å². The summed E-state index contributed by atoms with van der Waals surface area (Å²) >= 11 is 7.21. The van der Waals surface area contributed by atoms with Gasteiger partial charge in [-0.15, -0.1) is 11.3 Å². The predicted molar refractivity (Wildman–Crippen MR) is 105 cm³/mol. The Morgan fingerprint density at radius 1 is 1.30 bits per heavy atom. The summed E-state index contributed by atoms with van der Waals surface area (Å²) < 4.78 is 28.9. The van der Waals surface area contributed by atoms with Gasteiger partial charge >= 0.3 is 5.97 Å². The maximum Gasteiger partial charge on any atom is 0.341 e. The van der Waals surface area contributed by atoms with Crippen molar-refractivity contribution in [2.75, 3.05) is 17.7 Å².